The van der Waals surface area contributed by atoms with Crippen molar-refractivity contribution in [3.63, 3.8) is 0 Å². The third-order valence-electron chi connectivity index (χ3n) is 4.38. The van der Waals surface area contributed by atoms with Gasteiger partial charge in [-0.1, -0.05) is 31.5 Å². The van der Waals surface area contributed by atoms with Gasteiger partial charge in [0.1, 0.15) is 12.4 Å². The van der Waals surface area contributed by atoms with Gasteiger partial charge >= 0.3 is 0 Å². The molecule has 1 saturated heterocycles. The van der Waals surface area contributed by atoms with Crippen LogP contribution in [0.4, 0.5) is 9.18 Å². The molecule has 2 amide bonds. The van der Waals surface area contributed by atoms with E-state index in [4.69, 9.17) is 9.47 Å². The fourth-order valence-corrected chi connectivity index (χ4v) is 3.71. The lowest BCUT2D eigenvalue weighted by atomic mass is 10.1. The van der Waals surface area contributed by atoms with Crippen molar-refractivity contribution in [2.24, 2.45) is 0 Å². The number of thioether (sulfide) groups is 1. The van der Waals surface area contributed by atoms with Gasteiger partial charge in [-0.15, -0.1) is 0 Å². The van der Waals surface area contributed by atoms with Gasteiger partial charge in [-0.3, -0.25) is 14.5 Å². The number of hydrogen-bond donors (Lipinski definition) is 0. The van der Waals surface area contributed by atoms with E-state index in [1.54, 1.807) is 36.4 Å². The van der Waals surface area contributed by atoms with Crippen molar-refractivity contribution in [2.45, 2.75) is 26.4 Å². The molecule has 0 radical (unpaired) electrons. The van der Waals surface area contributed by atoms with Gasteiger partial charge in [0.25, 0.3) is 11.1 Å². The predicted octanol–water partition coefficient (Wildman–Crippen LogP) is 5.25. The van der Waals surface area contributed by atoms with E-state index in [0.717, 1.165) is 30.2 Å². The van der Waals surface area contributed by atoms with Gasteiger partial charge in [-0.2, -0.15) is 0 Å². The number of ether oxygens (including phenoxy) is 2. The molecule has 0 aromatic heterocycles. The SMILES string of the molecule is CCCCN1C(=O)S/C(=C\c2ccc(OCc3cccc(F)c3)c(OC)c2)C1=O. The maximum Gasteiger partial charge on any atom is 0.293 e. The molecule has 152 valence electrons. The van der Waals surface area contributed by atoms with Crippen molar-refractivity contribution in [1.82, 2.24) is 4.90 Å². The van der Waals surface area contributed by atoms with E-state index in [1.165, 1.54) is 24.1 Å². The molecule has 2 aromatic rings. The number of hydrogen-bond acceptors (Lipinski definition) is 5. The third-order valence-corrected chi connectivity index (χ3v) is 5.29. The van der Waals surface area contributed by atoms with Gasteiger partial charge in [0, 0.05) is 6.54 Å². The van der Waals surface area contributed by atoms with Crippen LogP contribution in [0, 0.1) is 5.82 Å². The van der Waals surface area contributed by atoms with E-state index >= 15 is 0 Å². The highest BCUT2D eigenvalue weighted by atomic mass is 32.2. The lowest BCUT2D eigenvalue weighted by molar-refractivity contribution is -0.122. The summed E-state index contributed by atoms with van der Waals surface area (Å²) in [5.74, 6) is 0.408. The molecule has 5 nitrogen and oxygen atoms in total. The maximum absolute atomic E-state index is 13.3. The molecule has 29 heavy (non-hydrogen) atoms. The second-order valence-electron chi connectivity index (χ2n) is 6.52. The van der Waals surface area contributed by atoms with Gasteiger partial charge in [0.2, 0.25) is 0 Å². The molecule has 1 aliphatic heterocycles. The smallest absolute Gasteiger partial charge is 0.293 e. The number of nitrogens with zero attached hydrogens (tertiary/aromatic N) is 1. The number of carbonyl (C=O) groups excluding carboxylic acids is 2. The van der Waals surface area contributed by atoms with E-state index in [2.05, 4.69) is 0 Å². The number of unbranched alkanes of at least 4 members (excludes halogenated alkanes) is 1. The van der Waals surface area contributed by atoms with E-state index in [0.29, 0.717) is 28.5 Å². The summed E-state index contributed by atoms with van der Waals surface area (Å²) < 4.78 is 24.4. The van der Waals surface area contributed by atoms with Gasteiger partial charge in [-0.25, -0.2) is 4.39 Å². The van der Waals surface area contributed by atoms with Gasteiger partial charge in [-0.05, 0) is 59.7 Å². The van der Waals surface area contributed by atoms with Crippen molar-refractivity contribution in [3.8, 4) is 11.5 Å². The molecular weight excluding hydrogens is 393 g/mol. The minimum Gasteiger partial charge on any atom is -0.493 e. The zero-order chi connectivity index (χ0) is 20.8. The first kappa shape index (κ1) is 20.9. The standard InChI is InChI=1S/C22H22FNO4S/c1-3-4-10-24-21(25)20(29-22(24)26)13-15-8-9-18(19(12-15)27-2)28-14-16-6-5-7-17(23)11-16/h5-9,11-13H,3-4,10,14H2,1-2H3/b20-13-. The number of halogens is 1. The molecule has 1 heterocycles. The van der Waals surface area contributed by atoms with Crippen LogP contribution in [-0.2, 0) is 11.4 Å². The molecule has 2 aromatic carbocycles. The molecule has 1 aliphatic rings. The zero-order valence-corrected chi connectivity index (χ0v) is 17.1. The van der Waals surface area contributed by atoms with Gasteiger partial charge < -0.3 is 9.47 Å². The highest BCUT2D eigenvalue weighted by molar-refractivity contribution is 8.18. The Balaban J connectivity index is 1.74. The summed E-state index contributed by atoms with van der Waals surface area (Å²) in [5.41, 5.74) is 1.43. The van der Waals surface area contributed by atoms with Crippen molar-refractivity contribution >= 4 is 29.0 Å². The highest BCUT2D eigenvalue weighted by Crippen LogP contribution is 2.35. The molecule has 0 spiro atoms. The minimum absolute atomic E-state index is 0.198. The van der Waals surface area contributed by atoms with Crippen LogP contribution in [-0.4, -0.2) is 29.7 Å². The summed E-state index contributed by atoms with van der Waals surface area (Å²) in [6.07, 6.45) is 3.38. The van der Waals surface area contributed by atoms with E-state index in [1.807, 2.05) is 6.92 Å². The molecule has 0 atom stereocenters. The Morgan fingerprint density at radius 3 is 2.69 bits per heavy atom. The summed E-state index contributed by atoms with van der Waals surface area (Å²) in [6, 6.07) is 11.4. The third kappa shape index (κ3) is 5.17. The number of imide groups is 1. The zero-order valence-electron chi connectivity index (χ0n) is 16.3. The van der Waals surface area contributed by atoms with Crippen LogP contribution in [0.5, 0.6) is 11.5 Å². The first-order valence-electron chi connectivity index (χ1n) is 9.32. The van der Waals surface area contributed by atoms with E-state index < -0.39 is 0 Å². The Morgan fingerprint density at radius 1 is 1.14 bits per heavy atom. The highest BCUT2D eigenvalue weighted by Gasteiger charge is 2.34. The van der Waals surface area contributed by atoms with E-state index in [-0.39, 0.29) is 23.6 Å². The summed E-state index contributed by atoms with van der Waals surface area (Å²) in [6.45, 7) is 2.65. The van der Waals surface area contributed by atoms with Crippen LogP contribution < -0.4 is 9.47 Å². The summed E-state index contributed by atoms with van der Waals surface area (Å²) in [7, 11) is 1.52. The summed E-state index contributed by atoms with van der Waals surface area (Å²) in [5, 5.41) is -0.239. The lowest BCUT2D eigenvalue weighted by Gasteiger charge is -2.12. The second-order valence-corrected chi connectivity index (χ2v) is 7.51. The fraction of sp³-hybridized carbons (Fsp3) is 0.273. The number of benzene rings is 2. The van der Waals surface area contributed by atoms with Crippen LogP contribution in [0.15, 0.2) is 47.4 Å². The second kappa shape index (κ2) is 9.60. The normalized spacial score (nSPS) is 15.3. The number of methoxy groups -OCH3 is 1. The molecule has 0 aliphatic carbocycles. The molecule has 3 rings (SSSR count). The van der Waals surface area contributed by atoms with Crippen LogP contribution in [0.2, 0.25) is 0 Å². The maximum atomic E-state index is 13.3. The molecule has 0 bridgehead atoms. The number of carbonyl (C=O) groups is 2. The summed E-state index contributed by atoms with van der Waals surface area (Å²) in [4.78, 5) is 26.2. The average molecular weight is 415 g/mol. The topological polar surface area (TPSA) is 55.8 Å². The first-order valence-corrected chi connectivity index (χ1v) is 10.1. The van der Waals surface area contributed by atoms with Gasteiger partial charge in [0.05, 0.1) is 12.0 Å². The van der Waals surface area contributed by atoms with Crippen LogP contribution in [0.25, 0.3) is 6.08 Å². The minimum atomic E-state index is -0.318. The molecule has 0 unspecified atom stereocenters. The fourth-order valence-electron chi connectivity index (χ4n) is 2.84. The Kier molecular flexibility index (Phi) is 6.93. The van der Waals surface area contributed by atoms with Crippen molar-refractivity contribution in [1.29, 1.82) is 0 Å². The Labute approximate surface area is 173 Å². The Hall–Kier alpha value is -2.80. The monoisotopic (exact) mass is 415 g/mol. The van der Waals surface area contributed by atoms with Crippen molar-refractivity contribution in [2.75, 3.05) is 13.7 Å². The van der Waals surface area contributed by atoms with Crippen molar-refractivity contribution in [3.05, 3.63) is 64.3 Å². The molecular formula is C22H22FNO4S. The first-order chi connectivity index (χ1) is 14.0. The number of amides is 2. The van der Waals surface area contributed by atoms with Crippen molar-refractivity contribution < 1.29 is 23.5 Å². The van der Waals surface area contributed by atoms with Crippen LogP contribution >= 0.6 is 11.8 Å². The largest absolute Gasteiger partial charge is 0.493 e. The van der Waals surface area contributed by atoms with E-state index in [9.17, 15) is 14.0 Å². The molecule has 7 heteroatoms. The Bertz CT molecular complexity index is 944. The summed E-state index contributed by atoms with van der Waals surface area (Å²) >= 11 is 0.945. The quantitative estimate of drug-likeness (QED) is 0.551. The lowest BCUT2D eigenvalue weighted by Crippen LogP contribution is -2.29. The average Bonchev–Trinajstić information content (AvgIpc) is 2.98. The van der Waals surface area contributed by atoms with Crippen LogP contribution in [0.3, 0.4) is 0 Å². The van der Waals surface area contributed by atoms with Crippen LogP contribution in [0.1, 0.15) is 30.9 Å². The molecule has 0 N–H and O–H groups in total. The Morgan fingerprint density at radius 2 is 1.97 bits per heavy atom. The number of rotatable bonds is 8. The molecule has 1 fully saturated rings. The van der Waals surface area contributed by atoms with Gasteiger partial charge in [0.15, 0.2) is 11.5 Å². The predicted molar refractivity (Wildman–Crippen MR) is 111 cm³/mol. The molecule has 0 saturated carbocycles.